The molecular weight excluding hydrogens is 353 g/mol. The first kappa shape index (κ1) is 16.3. The van der Waals surface area contributed by atoms with Crippen LogP contribution in [0, 0.1) is 0 Å². The van der Waals surface area contributed by atoms with Gasteiger partial charge in [-0.1, -0.05) is 29.3 Å². The van der Waals surface area contributed by atoms with Crippen molar-refractivity contribution in [2.45, 2.75) is 0 Å². The lowest BCUT2D eigenvalue weighted by Crippen LogP contribution is -2.12. The monoisotopic (exact) mass is 363 g/mol. The highest BCUT2D eigenvalue weighted by molar-refractivity contribution is 6.36. The summed E-state index contributed by atoms with van der Waals surface area (Å²) in [6.45, 7) is 0. The average Bonchev–Trinajstić information content (AvgIpc) is 3.07. The van der Waals surface area contributed by atoms with E-state index in [-0.39, 0.29) is 11.8 Å². The number of methoxy groups -OCH3 is 1. The van der Waals surface area contributed by atoms with E-state index in [1.807, 2.05) is 0 Å². The fraction of sp³-hybridized carbons (Fsp3) is 0.0625. The van der Waals surface area contributed by atoms with Crippen molar-refractivity contribution in [2.75, 3.05) is 12.4 Å². The first-order valence-corrected chi connectivity index (χ1v) is 7.57. The second-order valence-corrected chi connectivity index (χ2v) is 5.57. The van der Waals surface area contributed by atoms with Crippen LogP contribution in [0.3, 0.4) is 0 Å². The van der Waals surface area contributed by atoms with Gasteiger partial charge in [0.2, 0.25) is 5.89 Å². The van der Waals surface area contributed by atoms with Crippen LogP contribution in [0.4, 0.5) is 5.69 Å². The second-order valence-electron chi connectivity index (χ2n) is 4.72. The highest BCUT2D eigenvalue weighted by Gasteiger charge is 2.17. The number of ether oxygens (including phenoxy) is 1. The third-order valence-corrected chi connectivity index (χ3v) is 3.66. The van der Waals surface area contributed by atoms with Crippen LogP contribution < -0.4 is 10.1 Å². The number of amides is 1. The molecule has 122 valence electrons. The Labute approximate surface area is 147 Å². The minimum atomic E-state index is -0.569. The predicted octanol–water partition coefficient (Wildman–Crippen LogP) is 4.30. The van der Waals surface area contributed by atoms with Crippen LogP contribution >= 0.6 is 23.2 Å². The van der Waals surface area contributed by atoms with Gasteiger partial charge in [-0.3, -0.25) is 4.79 Å². The summed E-state index contributed by atoms with van der Waals surface area (Å²) in [5.74, 6) is 0.102. The Bertz CT molecular complexity index is 896. The summed E-state index contributed by atoms with van der Waals surface area (Å²) in [7, 11) is 1.56. The van der Waals surface area contributed by atoms with Crippen molar-refractivity contribution in [3.63, 3.8) is 0 Å². The van der Waals surface area contributed by atoms with Crippen LogP contribution in [-0.2, 0) is 0 Å². The van der Waals surface area contributed by atoms with Crippen LogP contribution in [0.25, 0.3) is 11.5 Å². The summed E-state index contributed by atoms with van der Waals surface area (Å²) >= 11 is 11.8. The Morgan fingerprint density at radius 3 is 2.75 bits per heavy atom. The highest BCUT2D eigenvalue weighted by atomic mass is 35.5. The molecule has 1 amide bonds. The smallest absolute Gasteiger partial charge is 0.313 e. The van der Waals surface area contributed by atoms with E-state index < -0.39 is 5.91 Å². The van der Waals surface area contributed by atoms with Gasteiger partial charge in [0.15, 0.2) is 0 Å². The molecule has 0 fully saturated rings. The lowest BCUT2D eigenvalue weighted by molar-refractivity contribution is 0.0991. The Hall–Kier alpha value is -2.57. The first-order chi connectivity index (χ1) is 11.6. The molecule has 0 saturated heterocycles. The minimum absolute atomic E-state index is 0.182. The van der Waals surface area contributed by atoms with Crippen molar-refractivity contribution < 1.29 is 13.9 Å². The van der Waals surface area contributed by atoms with Crippen molar-refractivity contribution >= 4 is 34.8 Å². The molecule has 0 aliphatic heterocycles. The molecule has 1 aromatic heterocycles. The summed E-state index contributed by atoms with van der Waals surface area (Å²) in [5, 5.41) is 11.0. The van der Waals surface area contributed by atoms with Gasteiger partial charge >= 0.3 is 11.8 Å². The number of nitrogens with zero attached hydrogens (tertiary/aromatic N) is 2. The van der Waals surface area contributed by atoms with Gasteiger partial charge < -0.3 is 14.5 Å². The molecule has 0 atom stereocenters. The fourth-order valence-corrected chi connectivity index (χ4v) is 2.41. The number of halogens is 2. The quantitative estimate of drug-likeness (QED) is 0.747. The van der Waals surface area contributed by atoms with E-state index in [0.717, 1.165) is 0 Å². The molecule has 8 heteroatoms. The number of benzene rings is 2. The van der Waals surface area contributed by atoms with Crippen LogP contribution in [0.2, 0.25) is 10.0 Å². The average molecular weight is 364 g/mol. The van der Waals surface area contributed by atoms with Gasteiger partial charge in [0.25, 0.3) is 0 Å². The third kappa shape index (κ3) is 3.50. The van der Waals surface area contributed by atoms with E-state index in [2.05, 4.69) is 15.5 Å². The van der Waals surface area contributed by atoms with Crippen LogP contribution in [0.1, 0.15) is 10.7 Å². The molecule has 6 nitrogen and oxygen atoms in total. The number of anilines is 1. The van der Waals surface area contributed by atoms with E-state index in [1.54, 1.807) is 43.5 Å². The molecule has 3 rings (SSSR count). The highest BCUT2D eigenvalue weighted by Crippen LogP contribution is 2.26. The molecule has 0 spiro atoms. The number of hydrogen-bond acceptors (Lipinski definition) is 5. The van der Waals surface area contributed by atoms with Crippen LogP contribution in [-0.4, -0.2) is 23.2 Å². The van der Waals surface area contributed by atoms with Gasteiger partial charge in [-0.2, -0.15) is 0 Å². The molecule has 0 aliphatic rings. The molecule has 2 aromatic carbocycles. The van der Waals surface area contributed by atoms with E-state index in [1.165, 1.54) is 6.07 Å². The van der Waals surface area contributed by atoms with Crippen molar-refractivity contribution in [3.05, 3.63) is 58.4 Å². The zero-order valence-corrected chi connectivity index (χ0v) is 13.9. The zero-order valence-electron chi connectivity index (χ0n) is 12.4. The molecule has 1 N–H and O–H groups in total. The fourth-order valence-electron chi connectivity index (χ4n) is 1.95. The third-order valence-electron chi connectivity index (χ3n) is 3.12. The van der Waals surface area contributed by atoms with E-state index >= 15 is 0 Å². The summed E-state index contributed by atoms with van der Waals surface area (Å²) in [5.41, 5.74) is 1.04. The molecule has 0 aliphatic carbocycles. The van der Waals surface area contributed by atoms with Crippen molar-refractivity contribution in [3.8, 4) is 17.2 Å². The number of aromatic nitrogens is 2. The van der Waals surface area contributed by atoms with Gasteiger partial charge in [-0.05, 0) is 36.4 Å². The molecule has 0 saturated carbocycles. The molecule has 0 unspecified atom stereocenters. The number of carbonyl (C=O) groups is 1. The van der Waals surface area contributed by atoms with Gasteiger partial charge in [0.05, 0.1) is 17.8 Å². The van der Waals surface area contributed by atoms with Crippen LogP contribution in [0.5, 0.6) is 5.75 Å². The SMILES string of the molecule is COc1cccc(-c2nnc(C(=O)Nc3ccc(Cl)cc3Cl)o2)c1. The Kier molecular flexibility index (Phi) is 4.69. The molecule has 3 aromatic rings. The van der Waals surface area contributed by atoms with E-state index in [9.17, 15) is 4.79 Å². The topological polar surface area (TPSA) is 77.2 Å². The molecule has 0 radical (unpaired) electrons. The van der Waals surface area contributed by atoms with Gasteiger partial charge in [-0.15, -0.1) is 10.2 Å². The standard InChI is InChI=1S/C16H11Cl2N3O3/c1-23-11-4-2-3-9(7-11)15-20-21-16(24-15)14(22)19-13-6-5-10(17)8-12(13)18/h2-8H,1H3,(H,19,22). The normalized spacial score (nSPS) is 10.5. The first-order valence-electron chi connectivity index (χ1n) is 6.81. The van der Waals surface area contributed by atoms with E-state index in [4.69, 9.17) is 32.4 Å². The summed E-state index contributed by atoms with van der Waals surface area (Å²) in [4.78, 5) is 12.2. The van der Waals surface area contributed by atoms with Gasteiger partial charge in [-0.25, -0.2) is 0 Å². The van der Waals surface area contributed by atoms with Gasteiger partial charge in [0, 0.05) is 10.6 Å². The van der Waals surface area contributed by atoms with Crippen molar-refractivity contribution in [2.24, 2.45) is 0 Å². The summed E-state index contributed by atoms with van der Waals surface area (Å²) in [6, 6.07) is 11.8. The summed E-state index contributed by atoms with van der Waals surface area (Å²) < 4.78 is 10.5. The van der Waals surface area contributed by atoms with Gasteiger partial charge in [0.1, 0.15) is 5.75 Å². The predicted molar refractivity (Wildman–Crippen MR) is 90.7 cm³/mol. The number of hydrogen-bond donors (Lipinski definition) is 1. The zero-order chi connectivity index (χ0) is 17.1. The molecular formula is C16H11Cl2N3O3. The van der Waals surface area contributed by atoms with Crippen molar-refractivity contribution in [1.29, 1.82) is 0 Å². The Morgan fingerprint density at radius 2 is 2.00 bits per heavy atom. The number of nitrogens with one attached hydrogen (secondary N) is 1. The maximum absolute atomic E-state index is 12.2. The number of rotatable bonds is 4. The largest absolute Gasteiger partial charge is 0.497 e. The molecule has 1 heterocycles. The summed E-state index contributed by atoms with van der Waals surface area (Å²) in [6.07, 6.45) is 0. The second kappa shape index (κ2) is 6.90. The maximum Gasteiger partial charge on any atom is 0.313 e. The van der Waals surface area contributed by atoms with Crippen molar-refractivity contribution in [1.82, 2.24) is 10.2 Å². The number of carbonyl (C=O) groups excluding carboxylic acids is 1. The Morgan fingerprint density at radius 1 is 1.17 bits per heavy atom. The Balaban J connectivity index is 1.80. The lowest BCUT2D eigenvalue weighted by Gasteiger charge is -2.04. The lowest BCUT2D eigenvalue weighted by atomic mass is 10.2. The molecule has 24 heavy (non-hydrogen) atoms. The maximum atomic E-state index is 12.2. The van der Waals surface area contributed by atoms with Crippen LogP contribution in [0.15, 0.2) is 46.9 Å². The molecule has 0 bridgehead atoms. The minimum Gasteiger partial charge on any atom is -0.497 e. The van der Waals surface area contributed by atoms with E-state index in [0.29, 0.717) is 27.0 Å².